The predicted molar refractivity (Wildman–Crippen MR) is 65.6 cm³/mol. The first kappa shape index (κ1) is 22.2. The second-order valence-electron chi connectivity index (χ2n) is 6.11. The molecule has 0 spiro atoms. The van der Waals surface area contributed by atoms with Gasteiger partial charge in [0.05, 0.1) is 17.4 Å². The predicted octanol–water partition coefficient (Wildman–Crippen LogP) is -5.36. The number of aliphatic carboxylic acids is 2. The van der Waals surface area contributed by atoms with Crippen molar-refractivity contribution in [2.45, 2.75) is 64.2 Å². The van der Waals surface area contributed by atoms with Gasteiger partial charge >= 0.3 is 70.2 Å². The number of carboxylic acid groups (broad SMARTS) is 2. The Morgan fingerprint density at radius 2 is 1.00 bits per heavy atom. The van der Waals surface area contributed by atoms with Crippen LogP contribution in [0.1, 0.15) is 64.2 Å². The number of hydrogen-bond acceptors (Lipinski definition) is 4. The van der Waals surface area contributed by atoms with Crippen LogP contribution in [0.15, 0.2) is 0 Å². The van der Waals surface area contributed by atoms with Crippen LogP contribution in [0.3, 0.4) is 0 Å². The summed E-state index contributed by atoms with van der Waals surface area (Å²) in [5.41, 5.74) is -1.75. The maximum absolute atomic E-state index is 11.7. The van der Waals surface area contributed by atoms with Gasteiger partial charge in [-0.1, -0.05) is 38.5 Å². The van der Waals surface area contributed by atoms with E-state index in [1.165, 1.54) is 0 Å². The number of rotatable bonds is 4. The molecule has 0 aliphatic heterocycles. The molecular weight excluding hydrogens is 290 g/mol. The Hall–Kier alpha value is 1.17. The smallest absolute Gasteiger partial charge is 0.549 e. The molecule has 0 aromatic heterocycles. The molecule has 2 saturated carbocycles. The molecule has 2 fully saturated rings. The number of carbonyl (C=O) groups excluding carboxylic acids is 2. The summed E-state index contributed by atoms with van der Waals surface area (Å²) in [7, 11) is 0. The minimum absolute atomic E-state index is 0. The standard InChI is InChI=1S/C15H24O4.K.Li/c16-13(17)15(14(18)19,11-7-3-1-4-8-11)12-9-5-2-6-10-12;;/h11-12H,1-10H2,(H,16,17)(H,18,19);;/q;2*+1/p-2. The fourth-order valence-electron chi connectivity index (χ4n) is 4.20. The molecule has 21 heavy (non-hydrogen) atoms. The summed E-state index contributed by atoms with van der Waals surface area (Å²) in [5, 5.41) is 23.5. The van der Waals surface area contributed by atoms with Gasteiger partial charge in [0, 0.05) is 0 Å². The molecule has 0 radical (unpaired) electrons. The molecule has 0 aromatic rings. The fourth-order valence-corrected chi connectivity index (χ4v) is 4.20. The van der Waals surface area contributed by atoms with E-state index in [0.29, 0.717) is 25.7 Å². The van der Waals surface area contributed by atoms with Crippen molar-refractivity contribution in [3.05, 3.63) is 0 Å². The molecule has 0 saturated heterocycles. The van der Waals surface area contributed by atoms with Crippen LogP contribution in [0.2, 0.25) is 0 Å². The summed E-state index contributed by atoms with van der Waals surface area (Å²) in [5.74, 6) is -3.43. The molecule has 108 valence electrons. The van der Waals surface area contributed by atoms with E-state index in [4.69, 9.17) is 0 Å². The normalized spacial score (nSPS) is 21.0. The van der Waals surface area contributed by atoms with Crippen molar-refractivity contribution in [1.82, 2.24) is 0 Å². The van der Waals surface area contributed by atoms with E-state index < -0.39 is 17.4 Å². The summed E-state index contributed by atoms with van der Waals surface area (Å²) in [6, 6.07) is 0. The Morgan fingerprint density at radius 3 is 1.24 bits per heavy atom. The van der Waals surface area contributed by atoms with Crippen LogP contribution in [0, 0.1) is 17.3 Å². The number of carbonyl (C=O) groups is 2. The molecule has 2 rings (SSSR count). The molecule has 0 heterocycles. The third-order valence-electron chi connectivity index (χ3n) is 5.17. The molecule has 0 bridgehead atoms. The van der Waals surface area contributed by atoms with Crippen molar-refractivity contribution in [2.75, 3.05) is 0 Å². The second-order valence-corrected chi connectivity index (χ2v) is 6.11. The van der Waals surface area contributed by atoms with Crippen LogP contribution in [-0.2, 0) is 9.59 Å². The zero-order valence-electron chi connectivity index (χ0n) is 13.4. The molecule has 4 nitrogen and oxygen atoms in total. The maximum atomic E-state index is 11.7. The van der Waals surface area contributed by atoms with Crippen molar-refractivity contribution in [2.24, 2.45) is 17.3 Å². The monoisotopic (exact) mass is 312 g/mol. The zero-order valence-corrected chi connectivity index (χ0v) is 16.5. The maximum Gasteiger partial charge on any atom is 1.00 e. The van der Waals surface area contributed by atoms with Crippen LogP contribution >= 0.6 is 0 Å². The summed E-state index contributed by atoms with van der Waals surface area (Å²) in [6.45, 7) is 0. The Kier molecular flexibility index (Phi) is 10.7. The van der Waals surface area contributed by atoms with Gasteiger partial charge in [0.25, 0.3) is 0 Å². The largest absolute Gasteiger partial charge is 1.00 e. The number of carboxylic acids is 2. The summed E-state index contributed by atoms with van der Waals surface area (Å²) in [4.78, 5) is 23.5. The van der Waals surface area contributed by atoms with Gasteiger partial charge in [0.15, 0.2) is 0 Å². The van der Waals surface area contributed by atoms with Gasteiger partial charge in [0.1, 0.15) is 0 Å². The van der Waals surface area contributed by atoms with Crippen molar-refractivity contribution in [3.63, 3.8) is 0 Å². The van der Waals surface area contributed by atoms with E-state index in [1.54, 1.807) is 0 Å². The molecule has 2 aliphatic carbocycles. The van der Waals surface area contributed by atoms with E-state index in [9.17, 15) is 19.8 Å². The SMILES string of the molecule is O=C([O-])C(C(=O)[O-])(C1CCCCC1)C1CCCCC1.[K+].[Li+]. The Labute approximate surface area is 181 Å². The summed E-state index contributed by atoms with van der Waals surface area (Å²) in [6.07, 6.45) is 8.52. The van der Waals surface area contributed by atoms with Crippen molar-refractivity contribution in [1.29, 1.82) is 0 Å². The Morgan fingerprint density at radius 1 is 0.714 bits per heavy atom. The Bertz CT molecular complexity index is 316. The second kappa shape index (κ2) is 10.1. The van der Waals surface area contributed by atoms with E-state index >= 15 is 0 Å². The molecule has 0 atom stereocenters. The minimum atomic E-state index is -1.75. The van der Waals surface area contributed by atoms with Crippen LogP contribution < -0.4 is 80.5 Å². The zero-order chi connectivity index (χ0) is 13.9. The van der Waals surface area contributed by atoms with E-state index in [1.807, 2.05) is 0 Å². The first-order valence-corrected chi connectivity index (χ1v) is 7.53. The van der Waals surface area contributed by atoms with Crippen molar-refractivity contribution in [3.8, 4) is 0 Å². The van der Waals surface area contributed by atoms with Crippen LogP contribution in [-0.4, -0.2) is 11.9 Å². The van der Waals surface area contributed by atoms with Gasteiger partial charge in [0.2, 0.25) is 0 Å². The van der Waals surface area contributed by atoms with E-state index in [2.05, 4.69) is 0 Å². The van der Waals surface area contributed by atoms with E-state index in [0.717, 1.165) is 38.5 Å². The summed E-state index contributed by atoms with van der Waals surface area (Å²) >= 11 is 0. The third kappa shape index (κ3) is 4.59. The molecule has 0 amide bonds. The quantitative estimate of drug-likeness (QED) is 0.383. The van der Waals surface area contributed by atoms with Crippen LogP contribution in [0.25, 0.3) is 0 Å². The van der Waals surface area contributed by atoms with Crippen molar-refractivity contribution < 1.29 is 90.0 Å². The molecule has 2 aliphatic rings. The van der Waals surface area contributed by atoms with Gasteiger partial charge < -0.3 is 19.8 Å². The fraction of sp³-hybridized carbons (Fsp3) is 0.867. The Balaban J connectivity index is 0.00000200. The minimum Gasteiger partial charge on any atom is -0.549 e. The molecule has 0 aromatic carbocycles. The third-order valence-corrected chi connectivity index (χ3v) is 5.17. The average molecular weight is 312 g/mol. The van der Waals surface area contributed by atoms with Gasteiger partial charge in [-0.3, -0.25) is 0 Å². The first-order valence-electron chi connectivity index (χ1n) is 7.53. The molecular formula is C15H22KLiO4. The molecule has 6 heteroatoms. The van der Waals surface area contributed by atoms with Gasteiger partial charge in [-0.15, -0.1) is 0 Å². The topological polar surface area (TPSA) is 80.3 Å². The van der Waals surface area contributed by atoms with Crippen LogP contribution in [0.5, 0.6) is 0 Å². The van der Waals surface area contributed by atoms with Crippen LogP contribution in [0.4, 0.5) is 0 Å². The first-order chi connectivity index (χ1) is 9.10. The van der Waals surface area contributed by atoms with Gasteiger partial charge in [-0.05, 0) is 37.5 Å². The summed E-state index contributed by atoms with van der Waals surface area (Å²) < 4.78 is 0. The number of hydrogen-bond donors (Lipinski definition) is 0. The molecule has 0 unspecified atom stereocenters. The van der Waals surface area contributed by atoms with E-state index in [-0.39, 0.29) is 82.1 Å². The van der Waals surface area contributed by atoms with Gasteiger partial charge in [-0.25, -0.2) is 0 Å². The van der Waals surface area contributed by atoms with Crippen molar-refractivity contribution >= 4 is 11.9 Å². The molecule has 0 N–H and O–H groups in total. The van der Waals surface area contributed by atoms with Gasteiger partial charge in [-0.2, -0.15) is 0 Å². The average Bonchev–Trinajstić information content (AvgIpc) is 2.41.